The van der Waals surface area contributed by atoms with E-state index in [2.05, 4.69) is 11.2 Å². The summed E-state index contributed by atoms with van der Waals surface area (Å²) in [4.78, 5) is 11.9. The average Bonchev–Trinajstić information content (AvgIpc) is 2.36. The van der Waals surface area contributed by atoms with Crippen molar-refractivity contribution >= 4 is 16.6 Å². The van der Waals surface area contributed by atoms with Gasteiger partial charge in [0.05, 0.1) is 5.52 Å². The molecule has 0 spiro atoms. The Hall–Kier alpha value is -2.21. The van der Waals surface area contributed by atoms with Crippen LogP contribution in [0.25, 0.3) is 10.9 Å². The van der Waals surface area contributed by atoms with E-state index in [0.717, 1.165) is 16.6 Å². The van der Waals surface area contributed by atoms with Gasteiger partial charge in [-0.2, -0.15) is 0 Å². The molecule has 0 radical (unpaired) electrons. The van der Waals surface area contributed by atoms with Crippen molar-refractivity contribution in [2.45, 2.75) is 19.4 Å². The molecule has 1 aromatic heterocycles. The van der Waals surface area contributed by atoms with E-state index in [4.69, 9.17) is 6.42 Å². The summed E-state index contributed by atoms with van der Waals surface area (Å²) >= 11 is 0. The molecule has 0 aliphatic heterocycles. The highest BCUT2D eigenvalue weighted by Gasteiger charge is 2.07. The van der Waals surface area contributed by atoms with Gasteiger partial charge in [0.15, 0.2) is 0 Å². The van der Waals surface area contributed by atoms with Gasteiger partial charge in [-0.15, -0.1) is 12.3 Å². The molecule has 1 atom stereocenters. The van der Waals surface area contributed by atoms with Crippen LogP contribution in [0.15, 0.2) is 35.1 Å². The summed E-state index contributed by atoms with van der Waals surface area (Å²) in [7, 11) is 1.78. The number of terminal acetylenes is 1. The zero-order valence-corrected chi connectivity index (χ0v) is 10.6. The largest absolute Gasteiger partial charge is 0.381 e. The molecule has 2 aromatic rings. The van der Waals surface area contributed by atoms with Crippen LogP contribution in [0, 0.1) is 12.3 Å². The summed E-state index contributed by atoms with van der Waals surface area (Å²) in [6.45, 7) is 2.01. The second-order valence-corrected chi connectivity index (χ2v) is 4.43. The first-order chi connectivity index (χ1) is 8.63. The highest BCUT2D eigenvalue weighted by Crippen LogP contribution is 2.21. The highest BCUT2D eigenvalue weighted by atomic mass is 16.1. The SMILES string of the molecule is C#CCC(C)Nc1cc(=O)n(C)c2ccccc12. The molecular formula is C15H16N2O. The summed E-state index contributed by atoms with van der Waals surface area (Å²) in [6.07, 6.45) is 5.92. The lowest BCUT2D eigenvalue weighted by molar-refractivity contribution is 0.827. The van der Waals surface area contributed by atoms with Gasteiger partial charge in [-0.05, 0) is 13.0 Å². The van der Waals surface area contributed by atoms with Gasteiger partial charge in [-0.3, -0.25) is 4.79 Å². The van der Waals surface area contributed by atoms with Crippen LogP contribution in [-0.4, -0.2) is 10.6 Å². The van der Waals surface area contributed by atoms with E-state index in [1.54, 1.807) is 17.7 Å². The van der Waals surface area contributed by atoms with E-state index in [1.165, 1.54) is 0 Å². The summed E-state index contributed by atoms with van der Waals surface area (Å²) in [5.74, 6) is 2.62. The number of anilines is 1. The molecule has 0 saturated carbocycles. The van der Waals surface area contributed by atoms with Gasteiger partial charge in [-0.1, -0.05) is 18.2 Å². The van der Waals surface area contributed by atoms with E-state index < -0.39 is 0 Å². The maximum Gasteiger partial charge on any atom is 0.252 e. The number of benzene rings is 1. The molecule has 0 amide bonds. The number of hydrogen-bond donors (Lipinski definition) is 1. The second-order valence-electron chi connectivity index (χ2n) is 4.43. The van der Waals surface area contributed by atoms with Crippen LogP contribution in [0.3, 0.4) is 0 Å². The van der Waals surface area contributed by atoms with Gasteiger partial charge in [0.2, 0.25) is 0 Å². The molecular weight excluding hydrogens is 224 g/mol. The normalized spacial score (nSPS) is 12.1. The Morgan fingerprint density at radius 2 is 2.17 bits per heavy atom. The molecule has 0 bridgehead atoms. The first-order valence-corrected chi connectivity index (χ1v) is 5.92. The van der Waals surface area contributed by atoms with Crippen LogP contribution in [0.4, 0.5) is 5.69 Å². The number of rotatable bonds is 3. The Bertz CT molecular complexity index is 664. The van der Waals surface area contributed by atoms with Gasteiger partial charge in [-0.25, -0.2) is 0 Å². The van der Waals surface area contributed by atoms with Crippen molar-refractivity contribution in [1.82, 2.24) is 4.57 Å². The fourth-order valence-electron chi connectivity index (χ4n) is 2.02. The van der Waals surface area contributed by atoms with Crippen molar-refractivity contribution in [3.8, 4) is 12.3 Å². The third-order valence-electron chi connectivity index (χ3n) is 2.98. The minimum Gasteiger partial charge on any atom is -0.381 e. The Morgan fingerprint density at radius 3 is 2.89 bits per heavy atom. The first-order valence-electron chi connectivity index (χ1n) is 5.92. The molecule has 0 aliphatic rings. The minimum absolute atomic E-state index is 0.0240. The number of hydrogen-bond acceptors (Lipinski definition) is 2. The van der Waals surface area contributed by atoms with Crippen molar-refractivity contribution in [3.63, 3.8) is 0 Å². The van der Waals surface area contributed by atoms with Crippen LogP contribution in [0.2, 0.25) is 0 Å². The van der Waals surface area contributed by atoms with E-state index in [1.807, 2.05) is 31.2 Å². The minimum atomic E-state index is -0.0240. The van der Waals surface area contributed by atoms with Gasteiger partial charge >= 0.3 is 0 Å². The number of fused-ring (bicyclic) bond motifs is 1. The van der Waals surface area contributed by atoms with E-state index >= 15 is 0 Å². The lowest BCUT2D eigenvalue weighted by Crippen LogP contribution is -2.20. The highest BCUT2D eigenvalue weighted by molar-refractivity contribution is 5.91. The van der Waals surface area contributed by atoms with E-state index in [-0.39, 0.29) is 11.6 Å². The molecule has 0 saturated heterocycles. The lowest BCUT2D eigenvalue weighted by Gasteiger charge is -2.16. The monoisotopic (exact) mass is 240 g/mol. The Morgan fingerprint density at radius 1 is 1.44 bits per heavy atom. The lowest BCUT2D eigenvalue weighted by atomic mass is 10.1. The quantitative estimate of drug-likeness (QED) is 0.836. The Kier molecular flexibility index (Phi) is 3.38. The molecule has 1 N–H and O–H groups in total. The topological polar surface area (TPSA) is 34.0 Å². The van der Waals surface area contributed by atoms with E-state index in [0.29, 0.717) is 6.42 Å². The molecule has 3 heteroatoms. The molecule has 1 heterocycles. The Labute approximate surface area is 106 Å². The van der Waals surface area contributed by atoms with Gasteiger partial charge in [0.25, 0.3) is 5.56 Å². The summed E-state index contributed by atoms with van der Waals surface area (Å²) in [5, 5.41) is 4.33. The Balaban J connectivity index is 2.55. The molecule has 1 aromatic carbocycles. The number of pyridine rings is 1. The fourth-order valence-corrected chi connectivity index (χ4v) is 2.02. The number of aromatic nitrogens is 1. The number of aryl methyl sites for hydroxylation is 1. The van der Waals surface area contributed by atoms with Gasteiger partial charge in [0, 0.05) is 36.7 Å². The number of nitrogens with zero attached hydrogens (tertiary/aromatic N) is 1. The maximum atomic E-state index is 11.9. The summed E-state index contributed by atoms with van der Waals surface area (Å²) < 4.78 is 1.65. The maximum absolute atomic E-state index is 11.9. The molecule has 18 heavy (non-hydrogen) atoms. The molecule has 3 nitrogen and oxygen atoms in total. The molecule has 2 rings (SSSR count). The van der Waals surface area contributed by atoms with Crippen LogP contribution < -0.4 is 10.9 Å². The average molecular weight is 240 g/mol. The zero-order chi connectivity index (χ0) is 13.1. The van der Waals surface area contributed by atoms with Gasteiger partial charge < -0.3 is 9.88 Å². The predicted octanol–water partition coefficient (Wildman–Crippen LogP) is 2.36. The van der Waals surface area contributed by atoms with Crippen molar-refractivity contribution < 1.29 is 0 Å². The zero-order valence-electron chi connectivity index (χ0n) is 10.6. The van der Waals surface area contributed by atoms with Crippen molar-refractivity contribution in [1.29, 1.82) is 0 Å². The van der Waals surface area contributed by atoms with Crippen molar-refractivity contribution in [2.75, 3.05) is 5.32 Å². The first kappa shape index (κ1) is 12.3. The predicted molar refractivity (Wildman–Crippen MR) is 75.7 cm³/mol. The van der Waals surface area contributed by atoms with Crippen LogP contribution in [0.1, 0.15) is 13.3 Å². The van der Waals surface area contributed by atoms with Crippen LogP contribution >= 0.6 is 0 Å². The van der Waals surface area contributed by atoms with Gasteiger partial charge in [0.1, 0.15) is 0 Å². The smallest absolute Gasteiger partial charge is 0.252 e. The molecule has 92 valence electrons. The third-order valence-corrected chi connectivity index (χ3v) is 2.98. The van der Waals surface area contributed by atoms with Crippen molar-refractivity contribution in [3.05, 3.63) is 40.7 Å². The number of para-hydroxylation sites is 1. The van der Waals surface area contributed by atoms with Crippen LogP contribution in [-0.2, 0) is 7.05 Å². The van der Waals surface area contributed by atoms with Crippen molar-refractivity contribution in [2.24, 2.45) is 7.05 Å². The van der Waals surface area contributed by atoms with Crippen LogP contribution in [0.5, 0.6) is 0 Å². The molecule has 1 unspecified atom stereocenters. The molecule has 0 fully saturated rings. The third kappa shape index (κ3) is 2.23. The number of nitrogens with one attached hydrogen (secondary N) is 1. The standard InChI is InChI=1S/C15H16N2O/c1-4-7-11(2)16-13-10-15(18)17(3)14-9-6-5-8-12(13)14/h1,5-6,8-11,16H,7H2,2-3H3. The summed E-state index contributed by atoms with van der Waals surface area (Å²) in [6, 6.07) is 9.59. The molecule has 0 aliphatic carbocycles. The summed E-state index contributed by atoms with van der Waals surface area (Å²) in [5.41, 5.74) is 1.74. The van der Waals surface area contributed by atoms with E-state index in [9.17, 15) is 4.79 Å². The second kappa shape index (κ2) is 4.97. The fraction of sp³-hybridized carbons (Fsp3) is 0.267.